The largest absolute Gasteiger partial charge is 0.481 e. The molecule has 4 nitrogen and oxygen atoms in total. The van der Waals surface area contributed by atoms with E-state index in [4.69, 9.17) is 5.11 Å². The van der Waals surface area contributed by atoms with Crippen LogP contribution in [0, 0.1) is 17.0 Å². The molecule has 0 bridgehead atoms. The molecule has 98 valence electrons. The number of carboxylic acid groups (broad SMARTS) is 1. The Balaban J connectivity index is 2.75. The summed E-state index contributed by atoms with van der Waals surface area (Å²) in [5.41, 5.74) is -1.48. The van der Waals surface area contributed by atoms with Crippen molar-refractivity contribution in [2.75, 3.05) is 6.54 Å². The summed E-state index contributed by atoms with van der Waals surface area (Å²) in [6, 6.07) is 2.56. The lowest BCUT2D eigenvalue weighted by Crippen LogP contribution is -2.39. The number of aliphatic carboxylic acids is 1. The van der Waals surface area contributed by atoms with Gasteiger partial charge in [-0.2, -0.15) is 0 Å². The third-order valence-electron chi connectivity index (χ3n) is 2.45. The van der Waals surface area contributed by atoms with Crippen LogP contribution in [0.4, 0.5) is 8.78 Å². The summed E-state index contributed by atoms with van der Waals surface area (Å²) < 4.78 is 25.9. The van der Waals surface area contributed by atoms with Gasteiger partial charge in [-0.05, 0) is 26.0 Å². The number of carbonyl (C=O) groups is 2. The van der Waals surface area contributed by atoms with Gasteiger partial charge in [-0.25, -0.2) is 8.78 Å². The minimum Gasteiger partial charge on any atom is -0.481 e. The van der Waals surface area contributed by atoms with Crippen LogP contribution in [0.15, 0.2) is 18.2 Å². The highest BCUT2D eigenvalue weighted by molar-refractivity contribution is 5.94. The van der Waals surface area contributed by atoms with Crippen LogP contribution in [0.1, 0.15) is 24.2 Å². The monoisotopic (exact) mass is 257 g/mol. The zero-order chi connectivity index (χ0) is 13.9. The maximum absolute atomic E-state index is 13.3. The fourth-order valence-electron chi connectivity index (χ4n) is 1.15. The zero-order valence-electron chi connectivity index (χ0n) is 9.96. The molecule has 1 amide bonds. The molecule has 1 aromatic carbocycles. The summed E-state index contributed by atoms with van der Waals surface area (Å²) in [5.74, 6) is -3.63. The Hall–Kier alpha value is -1.98. The van der Waals surface area contributed by atoms with E-state index in [2.05, 4.69) is 5.32 Å². The molecule has 6 heteroatoms. The lowest BCUT2D eigenvalue weighted by molar-refractivity contribution is -0.146. The van der Waals surface area contributed by atoms with Crippen molar-refractivity contribution in [1.29, 1.82) is 0 Å². The van der Waals surface area contributed by atoms with Crippen LogP contribution in [0.2, 0.25) is 0 Å². The number of hydrogen-bond donors (Lipinski definition) is 2. The third-order valence-corrected chi connectivity index (χ3v) is 2.45. The van der Waals surface area contributed by atoms with Crippen LogP contribution in [0.3, 0.4) is 0 Å². The van der Waals surface area contributed by atoms with Crippen LogP contribution < -0.4 is 5.32 Å². The van der Waals surface area contributed by atoms with Crippen LogP contribution in [-0.4, -0.2) is 23.5 Å². The molecule has 0 heterocycles. The van der Waals surface area contributed by atoms with Gasteiger partial charge in [0.05, 0.1) is 11.0 Å². The summed E-state index contributed by atoms with van der Waals surface area (Å²) in [7, 11) is 0. The van der Waals surface area contributed by atoms with Crippen LogP contribution in [0.5, 0.6) is 0 Å². The van der Waals surface area contributed by atoms with Gasteiger partial charge in [0.25, 0.3) is 5.91 Å². The molecule has 0 aliphatic rings. The Morgan fingerprint density at radius 1 is 1.33 bits per heavy atom. The Morgan fingerprint density at radius 3 is 2.44 bits per heavy atom. The molecule has 2 N–H and O–H groups in total. The Morgan fingerprint density at radius 2 is 1.94 bits per heavy atom. The minimum atomic E-state index is -1.16. The predicted molar refractivity (Wildman–Crippen MR) is 60.1 cm³/mol. The summed E-state index contributed by atoms with van der Waals surface area (Å²) in [6.07, 6.45) is 0. The number of nitrogens with one attached hydrogen (secondary N) is 1. The normalized spacial score (nSPS) is 11.1. The summed E-state index contributed by atoms with van der Waals surface area (Å²) >= 11 is 0. The number of carbonyl (C=O) groups excluding carboxylic acids is 1. The topological polar surface area (TPSA) is 66.4 Å². The molecule has 0 fully saturated rings. The molecule has 1 rings (SSSR count). The summed E-state index contributed by atoms with van der Waals surface area (Å²) in [5, 5.41) is 11.1. The molecule has 0 aliphatic carbocycles. The van der Waals surface area contributed by atoms with E-state index in [1.54, 1.807) is 0 Å². The van der Waals surface area contributed by atoms with Gasteiger partial charge in [0.15, 0.2) is 0 Å². The van der Waals surface area contributed by atoms with Crippen molar-refractivity contribution in [3.8, 4) is 0 Å². The molecule has 1 aromatic rings. The van der Waals surface area contributed by atoms with Crippen LogP contribution in [0.25, 0.3) is 0 Å². The summed E-state index contributed by atoms with van der Waals surface area (Å²) in [4.78, 5) is 22.4. The van der Waals surface area contributed by atoms with Crippen molar-refractivity contribution in [1.82, 2.24) is 5.32 Å². The maximum Gasteiger partial charge on any atom is 0.310 e. The SMILES string of the molecule is CC(C)(CNC(=O)c1ccc(F)cc1F)C(=O)O. The number of amides is 1. The standard InChI is InChI=1S/C12H13F2NO3/c1-12(2,11(17)18)6-15-10(16)8-4-3-7(13)5-9(8)14/h3-5H,6H2,1-2H3,(H,15,16)(H,17,18). The second kappa shape index (κ2) is 5.12. The molecule has 0 aromatic heterocycles. The first-order valence-corrected chi connectivity index (χ1v) is 5.20. The van der Waals surface area contributed by atoms with Crippen LogP contribution in [-0.2, 0) is 4.79 Å². The van der Waals surface area contributed by atoms with E-state index >= 15 is 0 Å². The minimum absolute atomic E-state index is 0.155. The second-order valence-corrected chi connectivity index (χ2v) is 4.50. The van der Waals surface area contributed by atoms with E-state index in [1.165, 1.54) is 13.8 Å². The Kier molecular flexibility index (Phi) is 4.00. The summed E-state index contributed by atoms with van der Waals surface area (Å²) in [6.45, 7) is 2.70. The van der Waals surface area contributed by atoms with Crippen molar-refractivity contribution in [2.24, 2.45) is 5.41 Å². The second-order valence-electron chi connectivity index (χ2n) is 4.50. The number of hydrogen-bond acceptors (Lipinski definition) is 2. The quantitative estimate of drug-likeness (QED) is 0.864. The van der Waals surface area contributed by atoms with E-state index in [0.717, 1.165) is 12.1 Å². The third kappa shape index (κ3) is 3.26. The van der Waals surface area contributed by atoms with E-state index in [-0.39, 0.29) is 12.1 Å². The molecule has 0 saturated carbocycles. The maximum atomic E-state index is 13.3. The molecule has 0 unspecified atom stereocenters. The first kappa shape index (κ1) is 14.1. The van der Waals surface area contributed by atoms with Crippen molar-refractivity contribution < 1.29 is 23.5 Å². The first-order chi connectivity index (χ1) is 8.24. The molecule has 0 saturated heterocycles. The van der Waals surface area contributed by atoms with Gasteiger partial charge < -0.3 is 10.4 Å². The lowest BCUT2D eigenvalue weighted by Gasteiger charge is -2.19. The fraction of sp³-hybridized carbons (Fsp3) is 0.333. The van der Waals surface area contributed by atoms with Gasteiger partial charge in [0.2, 0.25) is 0 Å². The number of benzene rings is 1. The highest BCUT2D eigenvalue weighted by Crippen LogP contribution is 2.14. The Bertz CT molecular complexity index is 486. The van der Waals surface area contributed by atoms with E-state index < -0.39 is 28.9 Å². The molecule has 0 spiro atoms. The zero-order valence-corrected chi connectivity index (χ0v) is 9.96. The van der Waals surface area contributed by atoms with Gasteiger partial charge in [-0.15, -0.1) is 0 Å². The van der Waals surface area contributed by atoms with Gasteiger partial charge in [0, 0.05) is 12.6 Å². The van der Waals surface area contributed by atoms with Crippen LogP contribution >= 0.6 is 0 Å². The first-order valence-electron chi connectivity index (χ1n) is 5.20. The average Bonchev–Trinajstić information content (AvgIpc) is 2.25. The molecule has 0 aliphatic heterocycles. The lowest BCUT2D eigenvalue weighted by atomic mass is 9.94. The molecule has 0 atom stereocenters. The molecular formula is C12H13F2NO3. The Labute approximate surface area is 103 Å². The van der Waals surface area contributed by atoms with Gasteiger partial charge >= 0.3 is 5.97 Å². The highest BCUT2D eigenvalue weighted by Gasteiger charge is 2.28. The molecule has 18 heavy (non-hydrogen) atoms. The smallest absolute Gasteiger partial charge is 0.310 e. The van der Waals surface area contributed by atoms with Crippen molar-refractivity contribution in [2.45, 2.75) is 13.8 Å². The van der Waals surface area contributed by atoms with E-state index in [9.17, 15) is 18.4 Å². The fourth-order valence-corrected chi connectivity index (χ4v) is 1.15. The highest BCUT2D eigenvalue weighted by atomic mass is 19.1. The van der Waals surface area contributed by atoms with Gasteiger partial charge in [0.1, 0.15) is 11.6 Å². The van der Waals surface area contributed by atoms with Gasteiger partial charge in [-0.1, -0.05) is 0 Å². The number of halogens is 2. The van der Waals surface area contributed by atoms with Crippen molar-refractivity contribution >= 4 is 11.9 Å². The van der Waals surface area contributed by atoms with E-state index in [1.807, 2.05) is 0 Å². The van der Waals surface area contributed by atoms with Crippen molar-refractivity contribution in [3.05, 3.63) is 35.4 Å². The number of rotatable bonds is 4. The van der Waals surface area contributed by atoms with Gasteiger partial charge in [-0.3, -0.25) is 9.59 Å². The molecular weight excluding hydrogens is 244 g/mol. The average molecular weight is 257 g/mol. The number of carboxylic acids is 1. The predicted octanol–water partition coefficient (Wildman–Crippen LogP) is 1.81. The van der Waals surface area contributed by atoms with E-state index in [0.29, 0.717) is 6.07 Å². The van der Waals surface area contributed by atoms with Crippen molar-refractivity contribution in [3.63, 3.8) is 0 Å². The molecule has 0 radical (unpaired) electrons.